The first kappa shape index (κ1) is 59.0. The van der Waals surface area contributed by atoms with Crippen LogP contribution in [0.15, 0.2) is 76.5 Å². The van der Waals surface area contributed by atoms with E-state index in [2.05, 4.69) is 46.4 Å². The number of carbonyl (C=O) groups excluding carboxylic acids is 4. The summed E-state index contributed by atoms with van der Waals surface area (Å²) in [7, 11) is 1.45. The zero-order valence-corrected chi connectivity index (χ0v) is 48.0. The van der Waals surface area contributed by atoms with Crippen molar-refractivity contribution in [2.45, 2.75) is 150 Å². The molecular formula is C61H82N6O12. The second kappa shape index (κ2) is 23.5. The van der Waals surface area contributed by atoms with E-state index in [9.17, 15) is 34.8 Å². The maximum Gasteiger partial charge on any atom is 0.321 e. The first-order valence-electron chi connectivity index (χ1n) is 28.0. The molecule has 5 bridgehead atoms. The van der Waals surface area contributed by atoms with Crippen LogP contribution in [0.4, 0.5) is 5.69 Å². The van der Waals surface area contributed by atoms with E-state index in [1.54, 1.807) is 59.8 Å². The zero-order valence-electron chi connectivity index (χ0n) is 48.0. The molecule has 428 valence electrons. The van der Waals surface area contributed by atoms with E-state index in [4.69, 9.17) is 28.9 Å². The van der Waals surface area contributed by atoms with Crippen molar-refractivity contribution >= 4 is 40.0 Å². The number of fused-ring (bicyclic) bond motifs is 13. The van der Waals surface area contributed by atoms with E-state index >= 15 is 4.79 Å². The van der Waals surface area contributed by atoms with E-state index in [0.29, 0.717) is 44.7 Å². The van der Waals surface area contributed by atoms with Gasteiger partial charge in [0.2, 0.25) is 5.91 Å². The highest BCUT2D eigenvalue weighted by molar-refractivity contribution is 6.19. The highest BCUT2D eigenvalue weighted by atomic mass is 16.7. The van der Waals surface area contributed by atoms with Gasteiger partial charge in [-0.1, -0.05) is 90.1 Å². The Kier molecular flexibility index (Phi) is 17.5. The topological polar surface area (TPSA) is 241 Å². The number of aromatic hydroxyl groups is 2. The van der Waals surface area contributed by atoms with Gasteiger partial charge in [0.25, 0.3) is 11.7 Å². The Labute approximate surface area is 463 Å². The lowest BCUT2D eigenvalue weighted by Gasteiger charge is -2.39. The van der Waals surface area contributed by atoms with Crippen LogP contribution < -0.4 is 26.1 Å². The van der Waals surface area contributed by atoms with E-state index in [1.807, 2.05) is 18.2 Å². The third-order valence-corrected chi connectivity index (χ3v) is 17.1. The highest BCUT2D eigenvalue weighted by Crippen LogP contribution is 2.50. The summed E-state index contributed by atoms with van der Waals surface area (Å²) in [6, 6.07) is 10.0. The molecule has 9 rings (SSSR count). The normalized spacial score (nSPS) is 29.7. The fraction of sp³-hybridized carbons (Fsp3) is 0.574. The van der Waals surface area contributed by atoms with Crippen molar-refractivity contribution in [1.82, 2.24) is 15.1 Å². The van der Waals surface area contributed by atoms with E-state index in [0.717, 1.165) is 26.2 Å². The van der Waals surface area contributed by atoms with Gasteiger partial charge in [-0.25, -0.2) is 0 Å². The Bertz CT molecular complexity index is 3030. The van der Waals surface area contributed by atoms with Crippen LogP contribution in [0.5, 0.6) is 17.2 Å². The van der Waals surface area contributed by atoms with Crippen molar-refractivity contribution in [1.29, 1.82) is 0 Å². The molecule has 18 nitrogen and oxygen atoms in total. The fourth-order valence-corrected chi connectivity index (χ4v) is 11.8. The Morgan fingerprint density at radius 2 is 1.54 bits per heavy atom. The number of Topliss-reactive ketones (excluding diaryl/α,β-unsaturated/α-hetero) is 1. The van der Waals surface area contributed by atoms with Crippen molar-refractivity contribution in [2.75, 3.05) is 45.2 Å². The third kappa shape index (κ3) is 11.9. The fourth-order valence-electron chi connectivity index (χ4n) is 11.8. The van der Waals surface area contributed by atoms with Crippen molar-refractivity contribution in [3.63, 3.8) is 0 Å². The number of ether oxygens (including phenoxy) is 4. The number of nitrogens with one attached hydrogen (secondary N) is 2. The average Bonchev–Trinajstić information content (AvgIpc) is 4.18. The van der Waals surface area contributed by atoms with E-state index in [-0.39, 0.29) is 55.7 Å². The number of aliphatic hydroxyl groups is 2. The number of phenolic OH excluding ortho intramolecular Hbond substituents is 2. The van der Waals surface area contributed by atoms with Gasteiger partial charge >= 0.3 is 11.8 Å². The number of hydrogen-bond acceptors (Lipinski definition) is 16. The molecule has 3 aromatic carbocycles. The summed E-state index contributed by atoms with van der Waals surface area (Å²) < 4.78 is 25.0. The monoisotopic (exact) mass is 1090 g/mol. The van der Waals surface area contributed by atoms with Crippen LogP contribution in [0.2, 0.25) is 0 Å². The number of esters is 1. The zero-order chi connectivity index (χ0) is 57.5. The molecule has 0 aromatic heterocycles. The van der Waals surface area contributed by atoms with Gasteiger partial charge in [-0.05, 0) is 58.1 Å². The number of carbonyl (C=O) groups is 4. The number of amides is 2. The van der Waals surface area contributed by atoms with Crippen LogP contribution in [0, 0.1) is 41.9 Å². The van der Waals surface area contributed by atoms with Gasteiger partial charge in [-0.15, -0.1) is 0 Å². The molecule has 0 radical (unpaired) electrons. The molecule has 0 saturated carbocycles. The minimum Gasteiger partial charge on any atom is -0.507 e. The number of aliphatic hydroxyl groups excluding tert-OH is 2. The number of rotatable bonds is 9. The molecule has 0 unspecified atom stereocenters. The van der Waals surface area contributed by atoms with Crippen LogP contribution in [0.25, 0.3) is 10.8 Å². The molecular weight excluding hydrogens is 1010 g/mol. The highest BCUT2D eigenvalue weighted by Gasteiger charge is 2.51. The molecule has 79 heavy (non-hydrogen) atoms. The van der Waals surface area contributed by atoms with Crippen molar-refractivity contribution in [3.8, 4) is 17.2 Å². The summed E-state index contributed by atoms with van der Waals surface area (Å²) >= 11 is 0. The number of piperidine rings is 2. The molecule has 1 spiro atoms. The summed E-state index contributed by atoms with van der Waals surface area (Å²) in [5.74, 6) is -8.00. The average molecular weight is 1090 g/mol. The molecule has 6 N–H and O–H groups in total. The number of anilines is 1. The van der Waals surface area contributed by atoms with Gasteiger partial charge < -0.3 is 54.9 Å². The first-order valence-corrected chi connectivity index (χ1v) is 28.0. The maximum absolute atomic E-state index is 15.0. The van der Waals surface area contributed by atoms with Crippen molar-refractivity contribution < 1.29 is 58.6 Å². The smallest absolute Gasteiger partial charge is 0.321 e. The lowest BCUT2D eigenvalue weighted by atomic mass is 9.78. The Hall–Kier alpha value is -6.18. The SMILES string of the molecule is CO[C@H]1/C=C/O[C@@]2(C)Oc3c(C)c(O)c4c(O)c(c5c(c4c3C2=O)=NC2(CCN(CC(C)C)CC2)N=5)NC(=O)/C(C)=C\C=C\[C@H](C)[C@H](O)[C@@H](C)[C@@H](O)[C@@H](C)[C@H](OC(=O)C(C)(C)C(=O)NC2CCN(Cc3ccccc3)CC2)[C@@H]1C. The number of methoxy groups -OCH3 is 1. The molecule has 9 atom stereocenters. The number of likely N-dealkylation sites (tertiary alicyclic amines) is 2. The van der Waals surface area contributed by atoms with Gasteiger partial charge in [0.15, 0.2) is 11.4 Å². The van der Waals surface area contributed by atoms with Gasteiger partial charge in [-0.2, -0.15) is 0 Å². The quantitative estimate of drug-likeness (QED) is 0.0758. The van der Waals surface area contributed by atoms with Gasteiger partial charge in [-0.3, -0.25) is 34.1 Å². The van der Waals surface area contributed by atoms with Gasteiger partial charge in [0, 0.05) is 112 Å². The maximum atomic E-state index is 15.0. The lowest BCUT2D eigenvalue weighted by Crippen LogP contribution is -2.52. The largest absolute Gasteiger partial charge is 0.507 e. The molecule has 6 aliphatic heterocycles. The van der Waals surface area contributed by atoms with E-state index < -0.39 is 100 Å². The Morgan fingerprint density at radius 1 is 0.886 bits per heavy atom. The molecule has 3 aromatic rings. The van der Waals surface area contributed by atoms with Crippen LogP contribution in [0.3, 0.4) is 0 Å². The molecule has 2 saturated heterocycles. The molecule has 2 amide bonds. The standard InChI is InChI=1S/C61H82N6O12/c1-33(2)31-67-28-24-61(25-29-67)64-46-43-44-51(70)39(8)54-45(43)55(72)60(11,79-54)77-30-23-42(76-12)36(5)53(78-58(75)59(9,10)57(74)62-41-21-26-66(27-22-41)32-40-19-14-13-15-20-40)38(7)50(69)37(6)49(68)34(3)17-16-18-35(4)56(73)63-48(52(44)71)47(46)65-61/h13-20,23,30,33-34,36-38,41-42,49-50,53,68-71H,21-22,24-29,31-32H2,1-12H3,(H,62,74)(H,63,73)/b17-16+,30-23+,35-18-/t34-,36+,37+,38+,42-,49-,50+,53+,60-/m0/s1. The summed E-state index contributed by atoms with van der Waals surface area (Å²) in [6.07, 6.45) is 5.68. The van der Waals surface area contributed by atoms with Crippen molar-refractivity contribution in [3.05, 3.63) is 93.9 Å². The molecule has 18 heteroatoms. The summed E-state index contributed by atoms with van der Waals surface area (Å²) in [6.45, 7) is 23.4. The first-order chi connectivity index (χ1) is 37.3. The predicted octanol–water partition coefficient (Wildman–Crippen LogP) is 6.54. The van der Waals surface area contributed by atoms with E-state index in [1.165, 1.54) is 45.8 Å². The summed E-state index contributed by atoms with van der Waals surface area (Å²) in [5.41, 5.74) is -1.16. The molecule has 6 aliphatic rings. The Morgan fingerprint density at radius 3 is 2.19 bits per heavy atom. The second-order valence-corrected chi connectivity index (χ2v) is 23.9. The number of phenols is 2. The second-order valence-electron chi connectivity index (χ2n) is 23.9. The molecule has 2 fully saturated rings. The molecule has 6 heterocycles. The summed E-state index contributed by atoms with van der Waals surface area (Å²) in [5, 5.41) is 54.5. The van der Waals surface area contributed by atoms with Gasteiger partial charge in [0.1, 0.15) is 34.1 Å². The lowest BCUT2D eigenvalue weighted by molar-refractivity contribution is -0.175. The van der Waals surface area contributed by atoms with Crippen LogP contribution in [-0.4, -0.2) is 136 Å². The number of hydrogen-bond donors (Lipinski definition) is 6. The Balaban J connectivity index is 1.14. The third-order valence-electron chi connectivity index (χ3n) is 17.1. The number of allylic oxidation sites excluding steroid dienone is 2. The van der Waals surface area contributed by atoms with Crippen LogP contribution in [0.1, 0.15) is 116 Å². The van der Waals surface area contributed by atoms with Crippen LogP contribution in [-0.2, 0) is 35.1 Å². The van der Waals surface area contributed by atoms with Gasteiger partial charge in [0.05, 0.1) is 40.9 Å². The predicted molar refractivity (Wildman–Crippen MR) is 299 cm³/mol. The number of nitrogens with zero attached hydrogens (tertiary/aromatic N) is 4. The minimum absolute atomic E-state index is 0.00610. The number of benzene rings is 3. The number of ketones is 1. The van der Waals surface area contributed by atoms with Crippen LogP contribution >= 0.6 is 0 Å². The van der Waals surface area contributed by atoms with Crippen molar-refractivity contribution in [2.24, 2.45) is 45.0 Å². The molecule has 0 aliphatic carbocycles. The minimum atomic E-state index is -2.03. The summed E-state index contributed by atoms with van der Waals surface area (Å²) in [4.78, 5) is 72.8.